The first-order valence-electron chi connectivity index (χ1n) is 6.52. The maximum absolute atomic E-state index is 11.6. The van der Waals surface area contributed by atoms with Crippen molar-refractivity contribution < 1.29 is 0 Å². The van der Waals surface area contributed by atoms with E-state index in [1.165, 1.54) is 32.1 Å². The van der Waals surface area contributed by atoms with Crippen LogP contribution in [0, 0.1) is 6.92 Å². The molecule has 0 amide bonds. The zero-order chi connectivity index (χ0) is 12.1. The molecule has 1 aromatic heterocycles. The Bertz CT molecular complexity index is 407. The highest BCUT2D eigenvalue weighted by atomic mass is 16.1. The van der Waals surface area contributed by atoms with Gasteiger partial charge in [0.15, 0.2) is 0 Å². The molecule has 4 nitrogen and oxygen atoms in total. The van der Waals surface area contributed by atoms with Gasteiger partial charge in [-0.25, -0.2) is 4.98 Å². The maximum Gasteiger partial charge on any atom is 0.253 e. The Morgan fingerprint density at radius 1 is 1.41 bits per heavy atom. The van der Waals surface area contributed by atoms with Gasteiger partial charge in [0.2, 0.25) is 0 Å². The van der Waals surface area contributed by atoms with Crippen LogP contribution in [0.15, 0.2) is 17.2 Å². The minimum Gasteiger partial charge on any atom is -0.312 e. The highest BCUT2D eigenvalue weighted by Gasteiger charge is 2.11. The number of hydrogen-bond donors (Lipinski definition) is 1. The number of nitrogens with zero attached hydrogens (tertiary/aromatic N) is 2. The lowest BCUT2D eigenvalue weighted by Crippen LogP contribution is -2.35. The van der Waals surface area contributed by atoms with Crippen molar-refractivity contribution in [2.24, 2.45) is 0 Å². The van der Waals surface area contributed by atoms with Gasteiger partial charge in [-0.05, 0) is 19.8 Å². The van der Waals surface area contributed by atoms with Gasteiger partial charge in [0.25, 0.3) is 5.56 Å². The standard InChI is InChI=1S/C13H21N3O/c1-11-9-13(17)16(10-15-11)8-7-14-12-5-3-2-4-6-12/h9-10,12,14H,2-8H2,1H3. The first-order chi connectivity index (χ1) is 8.25. The highest BCUT2D eigenvalue weighted by molar-refractivity contribution is 4.95. The molecule has 0 saturated heterocycles. The van der Waals surface area contributed by atoms with Crippen molar-refractivity contribution in [2.75, 3.05) is 6.54 Å². The van der Waals surface area contributed by atoms with E-state index < -0.39 is 0 Å². The molecule has 0 aromatic carbocycles. The van der Waals surface area contributed by atoms with E-state index in [-0.39, 0.29) is 5.56 Å². The number of nitrogens with one attached hydrogen (secondary N) is 1. The Morgan fingerprint density at radius 3 is 2.88 bits per heavy atom. The average Bonchev–Trinajstić information content (AvgIpc) is 2.33. The molecule has 1 aliphatic rings. The second-order valence-electron chi connectivity index (χ2n) is 4.85. The molecule has 0 bridgehead atoms. The molecule has 1 aliphatic carbocycles. The van der Waals surface area contributed by atoms with Crippen molar-refractivity contribution in [1.29, 1.82) is 0 Å². The Labute approximate surface area is 102 Å². The Hall–Kier alpha value is -1.16. The minimum atomic E-state index is 0.0444. The molecule has 1 fully saturated rings. The zero-order valence-electron chi connectivity index (χ0n) is 10.5. The van der Waals surface area contributed by atoms with Crippen molar-refractivity contribution >= 4 is 0 Å². The minimum absolute atomic E-state index is 0.0444. The van der Waals surface area contributed by atoms with Gasteiger partial charge < -0.3 is 5.32 Å². The first-order valence-corrected chi connectivity index (χ1v) is 6.52. The third kappa shape index (κ3) is 3.66. The van der Waals surface area contributed by atoms with Crippen molar-refractivity contribution in [1.82, 2.24) is 14.9 Å². The van der Waals surface area contributed by atoms with Crippen LogP contribution in [0.4, 0.5) is 0 Å². The van der Waals surface area contributed by atoms with Crippen LogP contribution in [0.5, 0.6) is 0 Å². The molecule has 1 saturated carbocycles. The zero-order valence-corrected chi connectivity index (χ0v) is 10.5. The van der Waals surface area contributed by atoms with Crippen LogP contribution in [-0.2, 0) is 6.54 Å². The third-order valence-corrected chi connectivity index (χ3v) is 3.41. The van der Waals surface area contributed by atoms with Crippen molar-refractivity contribution in [2.45, 2.75) is 51.6 Å². The Balaban J connectivity index is 1.79. The third-order valence-electron chi connectivity index (χ3n) is 3.41. The molecule has 0 radical (unpaired) electrons. The van der Waals surface area contributed by atoms with Crippen LogP contribution < -0.4 is 10.9 Å². The normalized spacial score (nSPS) is 17.2. The lowest BCUT2D eigenvalue weighted by molar-refractivity contribution is 0.367. The molecule has 1 heterocycles. The second-order valence-corrected chi connectivity index (χ2v) is 4.85. The molecule has 4 heteroatoms. The quantitative estimate of drug-likeness (QED) is 0.859. The lowest BCUT2D eigenvalue weighted by atomic mass is 9.95. The smallest absolute Gasteiger partial charge is 0.253 e. The maximum atomic E-state index is 11.6. The summed E-state index contributed by atoms with van der Waals surface area (Å²) in [4.78, 5) is 15.8. The van der Waals surface area contributed by atoms with Gasteiger partial charge >= 0.3 is 0 Å². The van der Waals surface area contributed by atoms with E-state index in [2.05, 4.69) is 10.3 Å². The first kappa shape index (κ1) is 12.3. The molecule has 1 N–H and O–H groups in total. The fourth-order valence-electron chi connectivity index (χ4n) is 2.38. The Kier molecular flexibility index (Phi) is 4.31. The molecule has 0 aliphatic heterocycles. The number of hydrogen-bond acceptors (Lipinski definition) is 3. The van der Waals surface area contributed by atoms with Crippen molar-refractivity contribution in [3.63, 3.8) is 0 Å². The monoisotopic (exact) mass is 235 g/mol. The molecule has 94 valence electrons. The van der Waals surface area contributed by atoms with E-state index >= 15 is 0 Å². The van der Waals surface area contributed by atoms with E-state index in [9.17, 15) is 4.79 Å². The summed E-state index contributed by atoms with van der Waals surface area (Å²) in [5, 5.41) is 3.52. The number of rotatable bonds is 4. The average molecular weight is 235 g/mol. The van der Waals surface area contributed by atoms with Crippen LogP contribution >= 0.6 is 0 Å². The summed E-state index contributed by atoms with van der Waals surface area (Å²) in [6.45, 7) is 3.41. The van der Waals surface area contributed by atoms with E-state index in [1.807, 2.05) is 6.92 Å². The molecule has 17 heavy (non-hydrogen) atoms. The van der Waals surface area contributed by atoms with Crippen LogP contribution in [0.2, 0.25) is 0 Å². The topological polar surface area (TPSA) is 46.9 Å². The van der Waals surface area contributed by atoms with E-state index in [0.717, 1.165) is 12.2 Å². The largest absolute Gasteiger partial charge is 0.312 e. The van der Waals surface area contributed by atoms with Crippen LogP contribution in [0.1, 0.15) is 37.8 Å². The van der Waals surface area contributed by atoms with Gasteiger partial charge in [0.05, 0.1) is 6.33 Å². The predicted molar refractivity (Wildman–Crippen MR) is 68.1 cm³/mol. The summed E-state index contributed by atoms with van der Waals surface area (Å²) in [6, 6.07) is 2.23. The van der Waals surface area contributed by atoms with Crippen LogP contribution in [-0.4, -0.2) is 22.1 Å². The summed E-state index contributed by atoms with van der Waals surface area (Å²) in [7, 11) is 0. The molecule has 0 spiro atoms. The van der Waals surface area contributed by atoms with Crippen molar-refractivity contribution in [3.05, 3.63) is 28.4 Å². The Morgan fingerprint density at radius 2 is 2.18 bits per heavy atom. The number of aromatic nitrogens is 2. The predicted octanol–water partition coefficient (Wildman–Crippen LogP) is 1.47. The van der Waals surface area contributed by atoms with Crippen LogP contribution in [0.25, 0.3) is 0 Å². The van der Waals surface area contributed by atoms with Gasteiger partial charge in [0.1, 0.15) is 0 Å². The summed E-state index contributed by atoms with van der Waals surface area (Å²) >= 11 is 0. The lowest BCUT2D eigenvalue weighted by Gasteiger charge is -2.22. The van der Waals surface area contributed by atoms with E-state index in [4.69, 9.17) is 0 Å². The van der Waals surface area contributed by atoms with Gasteiger partial charge in [-0.3, -0.25) is 9.36 Å². The molecule has 0 atom stereocenters. The summed E-state index contributed by atoms with van der Waals surface area (Å²) in [6.07, 6.45) is 8.25. The van der Waals surface area contributed by atoms with Crippen LogP contribution in [0.3, 0.4) is 0 Å². The highest BCUT2D eigenvalue weighted by Crippen LogP contribution is 2.16. The molecular weight excluding hydrogens is 214 g/mol. The van der Waals surface area contributed by atoms with E-state index in [1.54, 1.807) is 17.0 Å². The summed E-state index contributed by atoms with van der Waals surface area (Å²) < 4.78 is 1.67. The number of aryl methyl sites for hydroxylation is 1. The molecular formula is C13H21N3O. The SMILES string of the molecule is Cc1cc(=O)n(CCNC2CCCCC2)cn1. The summed E-state index contributed by atoms with van der Waals surface area (Å²) in [5.41, 5.74) is 0.828. The second kappa shape index (κ2) is 5.96. The molecule has 0 unspecified atom stereocenters. The van der Waals surface area contributed by atoms with E-state index in [0.29, 0.717) is 12.6 Å². The summed E-state index contributed by atoms with van der Waals surface area (Å²) in [5.74, 6) is 0. The fraction of sp³-hybridized carbons (Fsp3) is 0.692. The van der Waals surface area contributed by atoms with Gasteiger partial charge in [-0.1, -0.05) is 19.3 Å². The van der Waals surface area contributed by atoms with Gasteiger partial charge in [0, 0.05) is 30.9 Å². The fourth-order valence-corrected chi connectivity index (χ4v) is 2.38. The van der Waals surface area contributed by atoms with Crippen molar-refractivity contribution in [3.8, 4) is 0 Å². The molecule has 1 aromatic rings. The molecule has 2 rings (SSSR count). The van der Waals surface area contributed by atoms with Gasteiger partial charge in [-0.2, -0.15) is 0 Å². The van der Waals surface area contributed by atoms with Gasteiger partial charge in [-0.15, -0.1) is 0 Å².